The fourth-order valence-corrected chi connectivity index (χ4v) is 2.08. The highest BCUT2D eigenvalue weighted by atomic mass is 35.5. The van der Waals surface area contributed by atoms with Crippen molar-refractivity contribution in [1.82, 2.24) is 9.78 Å². The molecule has 2 aromatic rings. The molecule has 0 aliphatic rings. The van der Waals surface area contributed by atoms with Crippen LogP contribution in [0, 0.1) is 11.3 Å². The number of nitriles is 1. The van der Waals surface area contributed by atoms with Gasteiger partial charge in [-0.1, -0.05) is 11.6 Å². The molecule has 21 heavy (non-hydrogen) atoms. The lowest BCUT2D eigenvalue weighted by Gasteiger charge is -2.17. The molecule has 7 heteroatoms. The molecule has 2 N–H and O–H groups in total. The molecule has 0 bridgehead atoms. The van der Waals surface area contributed by atoms with E-state index in [1.54, 1.807) is 30.8 Å². The van der Waals surface area contributed by atoms with Gasteiger partial charge in [-0.15, -0.1) is 0 Å². The average molecular weight is 309 g/mol. The molecule has 0 amide bonds. The Balaban J connectivity index is 2.41. The Morgan fingerprint density at radius 1 is 1.48 bits per heavy atom. The van der Waals surface area contributed by atoms with Crippen LogP contribution in [0.1, 0.15) is 6.92 Å². The van der Waals surface area contributed by atoms with Gasteiger partial charge in [0.15, 0.2) is 0 Å². The summed E-state index contributed by atoms with van der Waals surface area (Å²) < 4.78 is 12.3. The summed E-state index contributed by atoms with van der Waals surface area (Å²) >= 11 is 5.98. The lowest BCUT2D eigenvalue weighted by Crippen LogP contribution is -2.39. The van der Waals surface area contributed by atoms with E-state index in [2.05, 4.69) is 11.2 Å². The molecule has 0 spiro atoms. The smallest absolute Gasteiger partial charge is 0.220 e. The van der Waals surface area contributed by atoms with E-state index in [1.165, 1.54) is 0 Å². The van der Waals surface area contributed by atoms with E-state index >= 15 is 0 Å². The number of nitrogens with two attached hydrogens (primary N) is 1. The second-order valence-corrected chi connectivity index (χ2v) is 5.43. The number of ether oxygens (including phenoxy) is 2. The second-order valence-electron chi connectivity index (χ2n) is 4.99. The molecule has 2 rings (SSSR count). The minimum absolute atomic E-state index is 0.220. The molecule has 1 heterocycles. The molecule has 1 aromatic carbocycles. The SMILES string of the molecule is COCCOc1c2ccc(Cl)cc2nn1CC(C)(N)C#N. The van der Waals surface area contributed by atoms with Crippen molar-refractivity contribution in [3.05, 3.63) is 23.2 Å². The summed E-state index contributed by atoms with van der Waals surface area (Å²) in [7, 11) is 1.60. The van der Waals surface area contributed by atoms with Crippen molar-refractivity contribution in [3.63, 3.8) is 0 Å². The molecule has 0 fully saturated rings. The number of aromatic nitrogens is 2. The quantitative estimate of drug-likeness (QED) is 0.824. The van der Waals surface area contributed by atoms with Gasteiger partial charge in [0.05, 0.1) is 30.1 Å². The lowest BCUT2D eigenvalue weighted by atomic mass is 10.1. The molecule has 1 aromatic heterocycles. The maximum Gasteiger partial charge on any atom is 0.220 e. The largest absolute Gasteiger partial charge is 0.475 e. The van der Waals surface area contributed by atoms with E-state index in [4.69, 9.17) is 32.1 Å². The molecule has 0 radical (unpaired) electrons. The van der Waals surface area contributed by atoms with Crippen LogP contribution in [0.25, 0.3) is 10.9 Å². The number of hydrogen-bond donors (Lipinski definition) is 1. The highest BCUT2D eigenvalue weighted by Gasteiger charge is 2.23. The Bertz CT molecular complexity index is 675. The van der Waals surface area contributed by atoms with E-state index in [1.807, 2.05) is 6.07 Å². The number of hydrogen-bond acceptors (Lipinski definition) is 5. The first kappa shape index (κ1) is 15.6. The summed E-state index contributed by atoms with van der Waals surface area (Å²) in [5, 5.41) is 14.9. The molecule has 0 aliphatic heterocycles. The first-order chi connectivity index (χ1) is 9.96. The van der Waals surface area contributed by atoms with Crippen molar-refractivity contribution >= 4 is 22.5 Å². The van der Waals surface area contributed by atoms with Gasteiger partial charge in [0, 0.05) is 12.1 Å². The summed E-state index contributed by atoms with van der Waals surface area (Å²) in [6.07, 6.45) is 0. The Morgan fingerprint density at radius 3 is 2.90 bits per heavy atom. The van der Waals surface area contributed by atoms with Crippen molar-refractivity contribution in [3.8, 4) is 11.9 Å². The zero-order valence-electron chi connectivity index (χ0n) is 12.0. The Hall–Kier alpha value is -1.81. The number of methoxy groups -OCH3 is 1. The predicted octanol–water partition coefficient (Wildman–Crippen LogP) is 1.96. The first-order valence-electron chi connectivity index (χ1n) is 6.45. The van der Waals surface area contributed by atoms with Crippen molar-refractivity contribution in [2.24, 2.45) is 5.73 Å². The van der Waals surface area contributed by atoms with Gasteiger partial charge in [-0.3, -0.25) is 0 Å². The zero-order chi connectivity index (χ0) is 15.5. The van der Waals surface area contributed by atoms with Gasteiger partial charge in [-0.25, -0.2) is 4.68 Å². The number of nitrogens with zero attached hydrogens (tertiary/aromatic N) is 3. The molecule has 112 valence electrons. The highest BCUT2D eigenvalue weighted by Crippen LogP contribution is 2.28. The van der Waals surface area contributed by atoms with Gasteiger partial charge in [-0.05, 0) is 25.1 Å². The van der Waals surface area contributed by atoms with Crippen LogP contribution in [-0.4, -0.2) is 35.6 Å². The van der Waals surface area contributed by atoms with E-state index in [0.29, 0.717) is 29.6 Å². The second kappa shape index (κ2) is 6.31. The Morgan fingerprint density at radius 2 is 2.24 bits per heavy atom. The van der Waals surface area contributed by atoms with E-state index in [0.717, 1.165) is 5.39 Å². The summed E-state index contributed by atoms with van der Waals surface area (Å²) in [5.74, 6) is 0.561. The van der Waals surface area contributed by atoms with Crippen LogP contribution >= 0.6 is 11.6 Å². The third kappa shape index (κ3) is 3.64. The lowest BCUT2D eigenvalue weighted by molar-refractivity contribution is 0.140. The van der Waals surface area contributed by atoms with Crippen molar-refractivity contribution in [2.45, 2.75) is 19.0 Å². The van der Waals surface area contributed by atoms with Gasteiger partial charge in [0.25, 0.3) is 0 Å². The van der Waals surface area contributed by atoms with E-state index in [9.17, 15) is 0 Å². The Labute approximate surface area is 128 Å². The van der Waals surface area contributed by atoms with Crippen LogP contribution in [0.15, 0.2) is 18.2 Å². The molecule has 0 saturated heterocycles. The zero-order valence-corrected chi connectivity index (χ0v) is 12.7. The minimum atomic E-state index is -1.04. The third-order valence-corrected chi connectivity index (χ3v) is 3.15. The van der Waals surface area contributed by atoms with Crippen LogP contribution in [-0.2, 0) is 11.3 Å². The average Bonchev–Trinajstić information content (AvgIpc) is 2.75. The van der Waals surface area contributed by atoms with E-state index in [-0.39, 0.29) is 6.54 Å². The van der Waals surface area contributed by atoms with Crippen LogP contribution < -0.4 is 10.5 Å². The standard InChI is InChI=1S/C14H17ClN4O2/c1-14(17,8-16)9-19-13(21-6-5-20-2)11-4-3-10(15)7-12(11)18-19/h3-4,7H,5-6,9,17H2,1-2H3. The van der Waals surface area contributed by atoms with Crippen LogP contribution in [0.3, 0.4) is 0 Å². The maximum absolute atomic E-state index is 9.08. The summed E-state index contributed by atoms with van der Waals surface area (Å²) in [6.45, 7) is 2.70. The number of benzene rings is 1. The van der Waals surface area contributed by atoms with Gasteiger partial charge >= 0.3 is 0 Å². The first-order valence-corrected chi connectivity index (χ1v) is 6.82. The van der Waals surface area contributed by atoms with Gasteiger partial charge < -0.3 is 15.2 Å². The normalized spacial score (nSPS) is 13.9. The summed E-state index contributed by atoms with van der Waals surface area (Å²) in [5.41, 5.74) is 5.56. The predicted molar refractivity (Wildman–Crippen MR) is 80.3 cm³/mol. The monoisotopic (exact) mass is 308 g/mol. The summed E-state index contributed by atoms with van der Waals surface area (Å²) in [6, 6.07) is 7.40. The maximum atomic E-state index is 9.08. The molecule has 0 saturated carbocycles. The van der Waals surface area contributed by atoms with Crippen molar-refractivity contribution in [2.75, 3.05) is 20.3 Å². The number of fused-ring (bicyclic) bond motifs is 1. The number of rotatable bonds is 6. The van der Waals surface area contributed by atoms with Gasteiger partial charge in [-0.2, -0.15) is 10.4 Å². The molecular formula is C14H17ClN4O2. The topological polar surface area (TPSA) is 86.1 Å². The van der Waals surface area contributed by atoms with E-state index < -0.39 is 5.54 Å². The molecule has 6 nitrogen and oxygen atoms in total. The van der Waals surface area contributed by atoms with Crippen molar-refractivity contribution in [1.29, 1.82) is 5.26 Å². The molecule has 0 aliphatic carbocycles. The van der Waals surface area contributed by atoms with Crippen LogP contribution in [0.2, 0.25) is 5.02 Å². The fraction of sp³-hybridized carbons (Fsp3) is 0.429. The molecular weight excluding hydrogens is 292 g/mol. The highest BCUT2D eigenvalue weighted by molar-refractivity contribution is 6.31. The van der Waals surface area contributed by atoms with Crippen molar-refractivity contribution < 1.29 is 9.47 Å². The Kier molecular flexibility index (Phi) is 4.68. The molecule has 1 unspecified atom stereocenters. The van der Waals surface area contributed by atoms with Gasteiger partial charge in [0.2, 0.25) is 5.88 Å². The fourth-order valence-electron chi connectivity index (χ4n) is 1.91. The minimum Gasteiger partial charge on any atom is -0.475 e. The third-order valence-electron chi connectivity index (χ3n) is 2.91. The van der Waals surface area contributed by atoms with Gasteiger partial charge in [0.1, 0.15) is 12.1 Å². The molecule has 1 atom stereocenters. The summed E-state index contributed by atoms with van der Waals surface area (Å²) in [4.78, 5) is 0. The van der Waals surface area contributed by atoms with Crippen LogP contribution in [0.4, 0.5) is 0 Å². The van der Waals surface area contributed by atoms with Crippen LogP contribution in [0.5, 0.6) is 5.88 Å². The number of halogens is 1.